The van der Waals surface area contributed by atoms with Gasteiger partial charge in [0.1, 0.15) is 0 Å². The summed E-state index contributed by atoms with van der Waals surface area (Å²) in [5.74, 6) is 1.61. The molecule has 0 aromatic carbocycles. The molecule has 0 N–H and O–H groups in total. The van der Waals surface area contributed by atoms with Crippen molar-refractivity contribution in [2.24, 2.45) is 17.8 Å². The van der Waals surface area contributed by atoms with Crippen LogP contribution in [0.15, 0.2) is 49.2 Å². The highest BCUT2D eigenvalue weighted by molar-refractivity contribution is 5.24. The zero-order chi connectivity index (χ0) is 25.6. The van der Waals surface area contributed by atoms with Crippen LogP contribution in [0, 0.1) is 17.8 Å². The van der Waals surface area contributed by atoms with Gasteiger partial charge in [-0.05, 0) is 70.2 Å². The summed E-state index contributed by atoms with van der Waals surface area (Å²) in [6.07, 6.45) is 18.2. The second-order valence-corrected chi connectivity index (χ2v) is 10.7. The van der Waals surface area contributed by atoms with Gasteiger partial charge in [0, 0.05) is 24.7 Å². The van der Waals surface area contributed by atoms with E-state index in [0.717, 1.165) is 6.54 Å². The van der Waals surface area contributed by atoms with Crippen LogP contribution in [0.4, 0.5) is 0 Å². The number of allylic oxidation sites excluding steroid dienone is 5. The van der Waals surface area contributed by atoms with Crippen molar-refractivity contribution in [1.29, 1.82) is 0 Å². The maximum atomic E-state index is 4.12. The third-order valence-electron chi connectivity index (χ3n) is 8.20. The highest BCUT2D eigenvalue weighted by Gasteiger charge is 2.43. The van der Waals surface area contributed by atoms with Gasteiger partial charge in [-0.1, -0.05) is 104 Å². The summed E-state index contributed by atoms with van der Waals surface area (Å²) < 4.78 is 0. The first-order valence-electron chi connectivity index (χ1n) is 13.6. The molecule has 0 saturated heterocycles. The summed E-state index contributed by atoms with van der Waals surface area (Å²) in [5.41, 5.74) is 1.43. The fraction of sp³-hybridized carbons (Fsp3) is 0.742. The van der Waals surface area contributed by atoms with Crippen LogP contribution in [0.3, 0.4) is 0 Å². The predicted molar refractivity (Wildman–Crippen MR) is 152 cm³/mol. The molecule has 0 bridgehead atoms. The highest BCUT2D eigenvalue weighted by atomic mass is 15.3. The average molecular weight is 459 g/mol. The number of hydrogen-bond acceptors (Lipinski definition) is 2. The van der Waals surface area contributed by atoms with E-state index in [1.807, 2.05) is 12.3 Å². The minimum absolute atomic E-state index is 0.0313. The van der Waals surface area contributed by atoms with Crippen molar-refractivity contribution >= 4 is 0 Å². The lowest BCUT2D eigenvalue weighted by Gasteiger charge is -2.53. The van der Waals surface area contributed by atoms with E-state index < -0.39 is 0 Å². The SMILES string of the molecule is C=C/C=C\C(=C/C)C(C)C(C)C(C)N(CCCCCCC)C(C)(C)C(C(C)CC)N(C)C=C. The summed E-state index contributed by atoms with van der Waals surface area (Å²) in [6, 6.07) is 0.889. The van der Waals surface area contributed by atoms with E-state index in [-0.39, 0.29) is 5.54 Å². The second kappa shape index (κ2) is 16.4. The summed E-state index contributed by atoms with van der Waals surface area (Å²) in [5, 5.41) is 0. The Labute approximate surface area is 208 Å². The third kappa shape index (κ3) is 9.47. The first-order valence-corrected chi connectivity index (χ1v) is 13.6. The average Bonchev–Trinajstić information content (AvgIpc) is 2.80. The van der Waals surface area contributed by atoms with E-state index in [4.69, 9.17) is 0 Å². The molecule has 0 heterocycles. The van der Waals surface area contributed by atoms with Crippen LogP contribution < -0.4 is 0 Å². The summed E-state index contributed by atoms with van der Waals surface area (Å²) in [4.78, 5) is 5.20. The molecule has 0 spiro atoms. The van der Waals surface area contributed by atoms with E-state index >= 15 is 0 Å². The predicted octanol–water partition coefficient (Wildman–Crippen LogP) is 8.88. The van der Waals surface area contributed by atoms with Crippen LogP contribution >= 0.6 is 0 Å². The van der Waals surface area contributed by atoms with Crippen molar-refractivity contribution in [2.45, 2.75) is 118 Å². The second-order valence-electron chi connectivity index (χ2n) is 10.7. The van der Waals surface area contributed by atoms with Gasteiger partial charge in [0.15, 0.2) is 0 Å². The maximum absolute atomic E-state index is 4.12. The minimum Gasteiger partial charge on any atom is -0.376 e. The maximum Gasteiger partial charge on any atom is 0.0485 e. The Morgan fingerprint density at radius 3 is 2.06 bits per heavy atom. The Kier molecular flexibility index (Phi) is 15.7. The van der Waals surface area contributed by atoms with Crippen molar-refractivity contribution < 1.29 is 0 Å². The highest BCUT2D eigenvalue weighted by Crippen LogP contribution is 2.36. The van der Waals surface area contributed by atoms with Crippen molar-refractivity contribution in [3.63, 3.8) is 0 Å². The molecular formula is C31H58N2. The molecule has 33 heavy (non-hydrogen) atoms. The van der Waals surface area contributed by atoms with Crippen LogP contribution in [0.2, 0.25) is 0 Å². The monoisotopic (exact) mass is 458 g/mol. The number of nitrogens with zero attached hydrogens (tertiary/aromatic N) is 2. The smallest absolute Gasteiger partial charge is 0.0485 e. The van der Waals surface area contributed by atoms with Gasteiger partial charge in [0.05, 0.1) is 0 Å². The Morgan fingerprint density at radius 1 is 0.970 bits per heavy atom. The molecule has 0 aromatic heterocycles. The van der Waals surface area contributed by atoms with Gasteiger partial charge in [-0.2, -0.15) is 0 Å². The van der Waals surface area contributed by atoms with Gasteiger partial charge in [0.25, 0.3) is 0 Å². The van der Waals surface area contributed by atoms with Crippen LogP contribution in [0.5, 0.6) is 0 Å². The van der Waals surface area contributed by atoms with Gasteiger partial charge in [-0.3, -0.25) is 4.90 Å². The Morgan fingerprint density at radius 2 is 1.58 bits per heavy atom. The molecule has 0 aliphatic heterocycles. The molecule has 0 aliphatic rings. The van der Waals surface area contributed by atoms with E-state index in [1.54, 1.807) is 0 Å². The molecule has 0 radical (unpaired) electrons. The van der Waals surface area contributed by atoms with Crippen LogP contribution in [-0.4, -0.2) is 41.0 Å². The number of rotatable bonds is 18. The quantitative estimate of drug-likeness (QED) is 0.149. The Balaban J connectivity index is 6.06. The fourth-order valence-corrected chi connectivity index (χ4v) is 5.70. The molecule has 0 aliphatic carbocycles. The molecule has 2 nitrogen and oxygen atoms in total. The lowest BCUT2D eigenvalue weighted by molar-refractivity contribution is -0.0238. The third-order valence-corrected chi connectivity index (χ3v) is 8.20. The first kappa shape index (κ1) is 31.7. The molecule has 5 unspecified atom stereocenters. The number of likely N-dealkylation sites (N-methyl/N-ethyl adjacent to an activating group) is 1. The van der Waals surface area contributed by atoms with E-state index in [9.17, 15) is 0 Å². The van der Waals surface area contributed by atoms with Gasteiger partial charge < -0.3 is 4.90 Å². The zero-order valence-corrected chi connectivity index (χ0v) is 24.0. The van der Waals surface area contributed by atoms with Gasteiger partial charge in [-0.25, -0.2) is 0 Å². The molecule has 192 valence electrons. The lowest BCUT2D eigenvalue weighted by Crippen LogP contribution is -2.63. The first-order chi connectivity index (χ1) is 15.5. The molecule has 0 fully saturated rings. The molecule has 0 aromatic rings. The van der Waals surface area contributed by atoms with Crippen molar-refractivity contribution in [3.05, 3.63) is 49.2 Å². The molecular weight excluding hydrogens is 400 g/mol. The van der Waals surface area contributed by atoms with Crippen molar-refractivity contribution in [3.8, 4) is 0 Å². The summed E-state index contributed by atoms with van der Waals surface area (Å²) in [7, 11) is 2.21. The zero-order valence-electron chi connectivity index (χ0n) is 24.0. The van der Waals surface area contributed by atoms with E-state index in [0.29, 0.717) is 29.8 Å². The topological polar surface area (TPSA) is 6.48 Å². The van der Waals surface area contributed by atoms with E-state index in [2.05, 4.69) is 111 Å². The van der Waals surface area contributed by atoms with E-state index in [1.165, 1.54) is 44.1 Å². The van der Waals surface area contributed by atoms with Crippen LogP contribution in [0.1, 0.15) is 101 Å². The Hall–Kier alpha value is -1.28. The molecule has 0 amide bonds. The standard InChI is InChI=1S/C31H58N2/c1-13-18-20-21-22-24-33(31(10,11)30(25(6)15-3)32(12)17-5)28(9)26(7)27(8)29(16-4)23-19-14-2/h14,16-17,19,23,25-28,30H,2,5,13,15,18,20-22,24H2,1,3-4,6-12H3/b23-19-,29-16+. The van der Waals surface area contributed by atoms with Crippen molar-refractivity contribution in [1.82, 2.24) is 9.80 Å². The lowest BCUT2D eigenvalue weighted by atomic mass is 9.77. The molecule has 2 heteroatoms. The van der Waals surface area contributed by atoms with Gasteiger partial charge in [0.2, 0.25) is 0 Å². The van der Waals surface area contributed by atoms with Gasteiger partial charge >= 0.3 is 0 Å². The number of unbranched alkanes of at least 4 members (excludes halogenated alkanes) is 4. The number of hydrogen-bond donors (Lipinski definition) is 0. The normalized spacial score (nSPS) is 17.6. The largest absolute Gasteiger partial charge is 0.376 e. The van der Waals surface area contributed by atoms with Crippen LogP contribution in [0.25, 0.3) is 0 Å². The Bertz CT molecular complexity index is 600. The fourth-order valence-electron chi connectivity index (χ4n) is 5.70. The molecule has 0 rings (SSSR count). The van der Waals surface area contributed by atoms with Crippen LogP contribution in [-0.2, 0) is 0 Å². The van der Waals surface area contributed by atoms with Gasteiger partial charge in [-0.15, -0.1) is 0 Å². The summed E-state index contributed by atoms with van der Waals surface area (Å²) in [6.45, 7) is 30.5. The molecule has 0 saturated carbocycles. The summed E-state index contributed by atoms with van der Waals surface area (Å²) >= 11 is 0. The molecule has 5 atom stereocenters. The van der Waals surface area contributed by atoms with Crippen molar-refractivity contribution in [2.75, 3.05) is 13.6 Å². The minimum atomic E-state index is 0.0313.